The van der Waals surface area contributed by atoms with Gasteiger partial charge in [-0.25, -0.2) is 0 Å². The summed E-state index contributed by atoms with van der Waals surface area (Å²) >= 11 is 35.2. The van der Waals surface area contributed by atoms with E-state index in [2.05, 4.69) is 5.32 Å². The smallest absolute Gasteiger partial charge is 0.255 e. The zero-order chi connectivity index (χ0) is 12.2. The fourth-order valence-electron chi connectivity index (χ4n) is 1.41. The van der Waals surface area contributed by atoms with Crippen LogP contribution in [0.5, 0.6) is 0 Å². The molecular weight excluding hydrogens is 339 g/mol. The largest absolute Gasteiger partial charge is 0.317 e. The van der Waals surface area contributed by atoms with Gasteiger partial charge in [-0.3, -0.25) is 4.79 Å². The Labute approximate surface area is 121 Å². The molecule has 1 amide bonds. The van der Waals surface area contributed by atoms with Crippen molar-refractivity contribution in [2.45, 2.75) is 4.46 Å². The van der Waals surface area contributed by atoms with Gasteiger partial charge in [0.2, 0.25) is 4.46 Å². The summed E-state index contributed by atoms with van der Waals surface area (Å²) in [5, 5.41) is 2.29. The van der Waals surface area contributed by atoms with E-state index in [0.29, 0.717) is 0 Å². The van der Waals surface area contributed by atoms with Crippen LogP contribution in [-0.2, 0) is 4.46 Å². The molecule has 1 aliphatic heterocycles. The highest BCUT2D eigenvalue weighted by molar-refractivity contribution is 6.57. The summed E-state index contributed by atoms with van der Waals surface area (Å²) in [7, 11) is 0. The Morgan fingerprint density at radius 3 is 1.94 bits per heavy atom. The molecule has 1 heterocycles. The van der Waals surface area contributed by atoms with Crippen LogP contribution in [0.2, 0.25) is 20.1 Å². The number of amides is 1. The van der Waals surface area contributed by atoms with Crippen LogP contribution in [0, 0.1) is 0 Å². The minimum atomic E-state index is -1.65. The predicted molar refractivity (Wildman–Crippen MR) is 67.3 cm³/mol. The molecule has 0 saturated carbocycles. The monoisotopic (exact) mass is 337 g/mol. The predicted octanol–water partition coefficient (Wildman–Crippen LogP) is 4.63. The number of carbonyl (C=O) groups excluding carboxylic acids is 1. The van der Waals surface area contributed by atoms with Crippen molar-refractivity contribution >= 4 is 75.5 Å². The van der Waals surface area contributed by atoms with E-state index in [9.17, 15) is 4.79 Å². The molecule has 0 bridgehead atoms. The fourth-order valence-corrected chi connectivity index (χ4v) is 3.13. The molecule has 1 N–H and O–H groups in total. The number of fused-ring (bicyclic) bond motifs is 1. The molecule has 8 heteroatoms. The van der Waals surface area contributed by atoms with E-state index in [1.54, 1.807) is 0 Å². The van der Waals surface area contributed by atoms with Crippen LogP contribution in [0.25, 0.3) is 0 Å². The molecule has 2 rings (SSSR count). The van der Waals surface area contributed by atoms with E-state index in [-0.39, 0.29) is 31.2 Å². The van der Waals surface area contributed by atoms with Crippen LogP contribution in [0.15, 0.2) is 0 Å². The molecule has 0 spiro atoms. The zero-order valence-electron chi connectivity index (χ0n) is 7.18. The summed E-state index contributed by atoms with van der Waals surface area (Å²) < 4.78 is -1.65. The zero-order valence-corrected chi connectivity index (χ0v) is 11.7. The minimum Gasteiger partial charge on any atom is -0.317 e. The maximum Gasteiger partial charge on any atom is 0.255 e. The maximum absolute atomic E-state index is 11.6. The minimum absolute atomic E-state index is 0.00623. The van der Waals surface area contributed by atoms with Gasteiger partial charge in [0.25, 0.3) is 5.91 Å². The Kier molecular flexibility index (Phi) is 3.20. The Balaban J connectivity index is 2.91. The highest BCUT2D eigenvalue weighted by Crippen LogP contribution is 2.50. The van der Waals surface area contributed by atoms with E-state index in [1.807, 2.05) is 0 Å². The first-order chi connectivity index (χ1) is 7.27. The summed E-state index contributed by atoms with van der Waals surface area (Å²) in [6.45, 7) is 0. The van der Waals surface area contributed by atoms with Crippen LogP contribution in [0.4, 0.5) is 0 Å². The summed E-state index contributed by atoms with van der Waals surface area (Å²) in [6.07, 6.45) is 0. The van der Waals surface area contributed by atoms with Crippen molar-refractivity contribution in [3.05, 3.63) is 31.2 Å². The van der Waals surface area contributed by atoms with Crippen molar-refractivity contribution in [3.63, 3.8) is 0 Å². The van der Waals surface area contributed by atoms with Crippen LogP contribution in [0.1, 0.15) is 15.9 Å². The normalized spacial score (nSPS) is 17.2. The second-order valence-corrected chi connectivity index (χ2v) is 5.87. The van der Waals surface area contributed by atoms with Crippen molar-refractivity contribution < 1.29 is 4.79 Å². The molecule has 1 aliphatic rings. The summed E-state index contributed by atoms with van der Waals surface area (Å²) in [4.78, 5) is 11.6. The molecule has 0 aliphatic carbocycles. The Morgan fingerprint density at radius 2 is 1.38 bits per heavy atom. The number of hydrogen-bond donors (Lipinski definition) is 1. The number of hydrogen-bond acceptors (Lipinski definition) is 1. The Bertz CT molecular complexity index is 512. The van der Waals surface area contributed by atoms with Gasteiger partial charge in [-0.15, -0.1) is 0 Å². The number of alkyl halides is 2. The molecule has 2 nitrogen and oxygen atoms in total. The average molecular weight is 340 g/mol. The third-order valence-electron chi connectivity index (χ3n) is 2.08. The molecule has 0 atom stereocenters. The lowest BCUT2D eigenvalue weighted by Crippen LogP contribution is -2.28. The number of halogens is 6. The molecule has 16 heavy (non-hydrogen) atoms. The molecule has 0 radical (unpaired) electrons. The SMILES string of the molecule is O=C1NC(Cl)(Cl)c2c(Cl)c(Cl)c(Cl)c(Cl)c21. The lowest BCUT2D eigenvalue weighted by molar-refractivity contribution is 0.0960. The summed E-state index contributed by atoms with van der Waals surface area (Å²) in [6, 6.07) is 0. The van der Waals surface area contributed by atoms with Gasteiger partial charge in [0.15, 0.2) is 0 Å². The fraction of sp³-hybridized carbons (Fsp3) is 0.125. The quantitative estimate of drug-likeness (QED) is 0.317. The van der Waals surface area contributed by atoms with Gasteiger partial charge in [-0.05, 0) is 0 Å². The Hall–Kier alpha value is 0.430. The average Bonchev–Trinajstić information content (AvgIpc) is 2.42. The highest BCUT2D eigenvalue weighted by atomic mass is 35.5. The molecule has 0 unspecified atom stereocenters. The van der Waals surface area contributed by atoms with Gasteiger partial charge in [0.1, 0.15) is 0 Å². The van der Waals surface area contributed by atoms with Crippen molar-refractivity contribution in [1.82, 2.24) is 5.32 Å². The third-order valence-corrected chi connectivity index (χ3v) is 4.45. The van der Waals surface area contributed by atoms with E-state index >= 15 is 0 Å². The number of nitrogens with one attached hydrogen (secondary N) is 1. The second-order valence-electron chi connectivity index (χ2n) is 3.03. The van der Waals surface area contributed by atoms with Gasteiger partial charge < -0.3 is 5.32 Å². The van der Waals surface area contributed by atoms with Crippen LogP contribution in [-0.4, -0.2) is 5.91 Å². The first-order valence-corrected chi connectivity index (χ1v) is 6.11. The van der Waals surface area contributed by atoms with Crippen LogP contribution >= 0.6 is 69.6 Å². The standard InChI is InChI=1S/C8HCl6NO/c9-3-1-2(4(10)6(12)5(3)11)8(13,14)15-7(1)16/h(H,15,16). The number of benzene rings is 1. The van der Waals surface area contributed by atoms with Crippen molar-refractivity contribution in [2.75, 3.05) is 0 Å². The lowest BCUT2D eigenvalue weighted by atomic mass is 10.1. The third kappa shape index (κ3) is 1.67. The lowest BCUT2D eigenvalue weighted by Gasteiger charge is -2.16. The number of carbonyl (C=O) groups is 1. The molecule has 1 aromatic carbocycles. The van der Waals surface area contributed by atoms with E-state index in [1.165, 1.54) is 0 Å². The molecule has 0 saturated heterocycles. The van der Waals surface area contributed by atoms with Crippen LogP contribution < -0.4 is 5.32 Å². The molecule has 0 fully saturated rings. The topological polar surface area (TPSA) is 29.1 Å². The first-order valence-electron chi connectivity index (χ1n) is 3.84. The van der Waals surface area contributed by atoms with E-state index in [4.69, 9.17) is 69.6 Å². The molecular formula is C8HCl6NO. The van der Waals surface area contributed by atoms with Gasteiger partial charge in [0, 0.05) is 5.56 Å². The second kappa shape index (κ2) is 3.98. The molecule has 1 aromatic rings. The van der Waals surface area contributed by atoms with Gasteiger partial charge >= 0.3 is 0 Å². The van der Waals surface area contributed by atoms with Crippen molar-refractivity contribution in [3.8, 4) is 0 Å². The number of rotatable bonds is 0. The maximum atomic E-state index is 11.6. The summed E-state index contributed by atoms with van der Waals surface area (Å²) in [5.74, 6) is -0.550. The highest BCUT2D eigenvalue weighted by Gasteiger charge is 2.45. The molecule has 86 valence electrons. The first kappa shape index (κ1) is 12.9. The van der Waals surface area contributed by atoms with Gasteiger partial charge in [0.05, 0.1) is 25.7 Å². The van der Waals surface area contributed by atoms with Crippen molar-refractivity contribution in [1.29, 1.82) is 0 Å². The van der Waals surface area contributed by atoms with Gasteiger partial charge in [-0.1, -0.05) is 69.6 Å². The van der Waals surface area contributed by atoms with E-state index < -0.39 is 10.4 Å². The summed E-state index contributed by atoms with van der Waals surface area (Å²) in [5.41, 5.74) is 0.174. The van der Waals surface area contributed by atoms with Crippen LogP contribution in [0.3, 0.4) is 0 Å². The Morgan fingerprint density at radius 1 is 0.875 bits per heavy atom. The molecule has 0 aromatic heterocycles. The van der Waals surface area contributed by atoms with Gasteiger partial charge in [-0.2, -0.15) is 0 Å². The van der Waals surface area contributed by atoms with Crippen molar-refractivity contribution in [2.24, 2.45) is 0 Å². The van der Waals surface area contributed by atoms with E-state index in [0.717, 1.165) is 0 Å².